The number of ether oxygens (including phenoxy) is 1. The van der Waals surface area contributed by atoms with Gasteiger partial charge in [0.15, 0.2) is 0 Å². The van der Waals surface area contributed by atoms with Gasteiger partial charge in [0.05, 0.1) is 7.11 Å². The molecule has 1 saturated carbocycles. The van der Waals surface area contributed by atoms with Gasteiger partial charge in [0.1, 0.15) is 0 Å². The van der Waals surface area contributed by atoms with E-state index in [0.29, 0.717) is 6.42 Å². The van der Waals surface area contributed by atoms with Gasteiger partial charge in [0, 0.05) is 6.42 Å². The molecule has 1 aliphatic rings. The maximum Gasteiger partial charge on any atom is 0.305 e. The molecule has 1 aromatic rings. The molecule has 0 amide bonds. The van der Waals surface area contributed by atoms with Crippen LogP contribution in [0.15, 0.2) is 30.3 Å². The first-order valence-corrected chi connectivity index (χ1v) is 7.41. The summed E-state index contributed by atoms with van der Waals surface area (Å²) in [7, 11) is 1.47. The van der Waals surface area contributed by atoms with Crippen LogP contribution in [0.5, 0.6) is 0 Å². The van der Waals surface area contributed by atoms with E-state index in [1.807, 2.05) is 0 Å². The lowest BCUT2D eigenvalue weighted by Gasteiger charge is -2.28. The summed E-state index contributed by atoms with van der Waals surface area (Å²) >= 11 is 0. The van der Waals surface area contributed by atoms with E-state index in [0.717, 1.165) is 18.3 Å². The van der Waals surface area contributed by atoms with E-state index in [9.17, 15) is 4.79 Å². The Labute approximate surface area is 116 Å². The Morgan fingerprint density at radius 1 is 1.16 bits per heavy atom. The van der Waals surface area contributed by atoms with Crippen LogP contribution < -0.4 is 0 Å². The van der Waals surface area contributed by atoms with Crippen molar-refractivity contribution in [3.63, 3.8) is 0 Å². The number of benzene rings is 1. The minimum Gasteiger partial charge on any atom is -0.469 e. The molecule has 0 radical (unpaired) electrons. The molecule has 0 N–H and O–H groups in total. The van der Waals surface area contributed by atoms with Crippen molar-refractivity contribution in [1.82, 2.24) is 0 Å². The van der Waals surface area contributed by atoms with Crippen LogP contribution in [0.3, 0.4) is 0 Å². The highest BCUT2D eigenvalue weighted by Crippen LogP contribution is 2.37. The third kappa shape index (κ3) is 4.38. The predicted octanol–water partition coefficient (Wildman–Crippen LogP) is 4.30. The standard InChI is InChI=1S/C17H24O2/c1-19-17(18)9-5-6-14-10-12-16(13-11-14)15-7-3-2-4-8-15/h2-4,7-8,14,16H,5-6,9-13H2,1H3/t14-,16-. The molecule has 2 nitrogen and oxygen atoms in total. The van der Waals surface area contributed by atoms with Gasteiger partial charge < -0.3 is 4.74 Å². The summed E-state index contributed by atoms with van der Waals surface area (Å²) in [5.74, 6) is 1.49. The normalized spacial score (nSPS) is 23.0. The fourth-order valence-electron chi connectivity index (χ4n) is 3.15. The third-order valence-corrected chi connectivity index (χ3v) is 4.34. The Morgan fingerprint density at radius 2 is 1.84 bits per heavy atom. The SMILES string of the molecule is COC(=O)CCC[C@H]1CC[C@H](c2ccccc2)CC1. The first-order chi connectivity index (χ1) is 9.29. The molecule has 1 fully saturated rings. The Balaban J connectivity index is 1.69. The second-order valence-corrected chi connectivity index (χ2v) is 5.60. The van der Waals surface area contributed by atoms with Gasteiger partial charge in [0.25, 0.3) is 0 Å². The van der Waals surface area contributed by atoms with Crippen LogP contribution in [0, 0.1) is 5.92 Å². The van der Waals surface area contributed by atoms with Gasteiger partial charge >= 0.3 is 5.97 Å². The van der Waals surface area contributed by atoms with Crippen molar-refractivity contribution >= 4 is 5.97 Å². The van der Waals surface area contributed by atoms with E-state index in [4.69, 9.17) is 0 Å². The Morgan fingerprint density at radius 3 is 2.47 bits per heavy atom. The summed E-state index contributed by atoms with van der Waals surface area (Å²) in [6, 6.07) is 10.9. The quantitative estimate of drug-likeness (QED) is 0.738. The van der Waals surface area contributed by atoms with Crippen molar-refractivity contribution < 1.29 is 9.53 Å². The summed E-state index contributed by atoms with van der Waals surface area (Å²) in [5.41, 5.74) is 1.50. The van der Waals surface area contributed by atoms with Crippen molar-refractivity contribution in [2.45, 2.75) is 50.9 Å². The summed E-state index contributed by atoms with van der Waals surface area (Å²) in [6.07, 6.45) is 7.94. The Bertz CT molecular complexity index is 378. The van der Waals surface area contributed by atoms with Crippen molar-refractivity contribution in [1.29, 1.82) is 0 Å². The first kappa shape index (κ1) is 14.1. The van der Waals surface area contributed by atoms with E-state index in [-0.39, 0.29) is 5.97 Å². The molecule has 0 spiro atoms. The van der Waals surface area contributed by atoms with Gasteiger partial charge in [-0.05, 0) is 55.9 Å². The Hall–Kier alpha value is -1.31. The zero-order valence-corrected chi connectivity index (χ0v) is 11.8. The lowest BCUT2D eigenvalue weighted by Crippen LogP contribution is -2.13. The van der Waals surface area contributed by atoms with E-state index >= 15 is 0 Å². The number of esters is 1. The lowest BCUT2D eigenvalue weighted by molar-refractivity contribution is -0.140. The van der Waals surface area contributed by atoms with Crippen LogP contribution in [-0.2, 0) is 9.53 Å². The molecule has 0 bridgehead atoms. The summed E-state index contributed by atoms with van der Waals surface area (Å²) in [4.78, 5) is 11.1. The van der Waals surface area contributed by atoms with Gasteiger partial charge in [-0.25, -0.2) is 0 Å². The highest BCUT2D eigenvalue weighted by atomic mass is 16.5. The summed E-state index contributed by atoms with van der Waals surface area (Å²) in [6.45, 7) is 0. The second-order valence-electron chi connectivity index (χ2n) is 5.60. The molecule has 1 aliphatic carbocycles. The number of methoxy groups -OCH3 is 1. The molecule has 0 unspecified atom stereocenters. The summed E-state index contributed by atoms with van der Waals surface area (Å²) in [5, 5.41) is 0. The molecule has 0 heterocycles. The topological polar surface area (TPSA) is 26.3 Å². The van der Waals surface area contributed by atoms with Crippen LogP contribution in [0.4, 0.5) is 0 Å². The van der Waals surface area contributed by atoms with Crippen LogP contribution in [0.1, 0.15) is 56.4 Å². The molecule has 1 aromatic carbocycles. The average Bonchev–Trinajstić information content (AvgIpc) is 2.48. The second kappa shape index (κ2) is 7.32. The monoisotopic (exact) mass is 260 g/mol. The van der Waals surface area contributed by atoms with Gasteiger partial charge in [0.2, 0.25) is 0 Å². The van der Waals surface area contributed by atoms with Gasteiger partial charge in [-0.2, -0.15) is 0 Å². The average molecular weight is 260 g/mol. The van der Waals surface area contributed by atoms with Gasteiger partial charge in [-0.3, -0.25) is 4.79 Å². The van der Waals surface area contributed by atoms with Gasteiger partial charge in [-0.15, -0.1) is 0 Å². The van der Waals surface area contributed by atoms with Crippen LogP contribution in [-0.4, -0.2) is 13.1 Å². The van der Waals surface area contributed by atoms with Crippen LogP contribution >= 0.6 is 0 Å². The molecule has 19 heavy (non-hydrogen) atoms. The number of hydrogen-bond donors (Lipinski definition) is 0. The predicted molar refractivity (Wildman–Crippen MR) is 77.0 cm³/mol. The van der Waals surface area contributed by atoms with Crippen molar-refractivity contribution in [2.75, 3.05) is 7.11 Å². The molecule has 104 valence electrons. The molecular weight excluding hydrogens is 236 g/mol. The van der Waals surface area contributed by atoms with E-state index in [2.05, 4.69) is 35.1 Å². The van der Waals surface area contributed by atoms with E-state index < -0.39 is 0 Å². The first-order valence-electron chi connectivity index (χ1n) is 7.41. The molecular formula is C17H24O2. The van der Waals surface area contributed by atoms with Crippen LogP contribution in [0.2, 0.25) is 0 Å². The fourth-order valence-corrected chi connectivity index (χ4v) is 3.15. The highest BCUT2D eigenvalue weighted by molar-refractivity contribution is 5.68. The van der Waals surface area contributed by atoms with Gasteiger partial charge in [-0.1, -0.05) is 30.3 Å². The van der Waals surface area contributed by atoms with Crippen molar-refractivity contribution in [3.8, 4) is 0 Å². The van der Waals surface area contributed by atoms with Crippen LogP contribution in [0.25, 0.3) is 0 Å². The smallest absolute Gasteiger partial charge is 0.305 e. The number of rotatable bonds is 5. The molecule has 2 heteroatoms. The maximum absolute atomic E-state index is 11.1. The summed E-state index contributed by atoms with van der Waals surface area (Å²) < 4.78 is 4.68. The Kier molecular flexibility index (Phi) is 5.44. The maximum atomic E-state index is 11.1. The molecule has 2 rings (SSSR count). The minimum absolute atomic E-state index is 0.0713. The number of hydrogen-bond acceptors (Lipinski definition) is 2. The van der Waals surface area contributed by atoms with E-state index in [1.165, 1.54) is 44.8 Å². The minimum atomic E-state index is -0.0713. The van der Waals surface area contributed by atoms with Crippen molar-refractivity contribution in [3.05, 3.63) is 35.9 Å². The molecule has 0 aromatic heterocycles. The lowest BCUT2D eigenvalue weighted by atomic mass is 9.77. The molecule has 0 saturated heterocycles. The highest BCUT2D eigenvalue weighted by Gasteiger charge is 2.22. The third-order valence-electron chi connectivity index (χ3n) is 4.34. The zero-order valence-electron chi connectivity index (χ0n) is 11.8. The zero-order chi connectivity index (χ0) is 13.5. The number of carbonyl (C=O) groups excluding carboxylic acids is 1. The fraction of sp³-hybridized carbons (Fsp3) is 0.588. The largest absolute Gasteiger partial charge is 0.469 e. The van der Waals surface area contributed by atoms with E-state index in [1.54, 1.807) is 0 Å². The number of carbonyl (C=O) groups is 1. The molecule has 0 aliphatic heterocycles. The van der Waals surface area contributed by atoms with Crippen molar-refractivity contribution in [2.24, 2.45) is 5.92 Å². The molecule has 0 atom stereocenters.